The number of nitrogens with zero attached hydrogens (tertiary/aromatic N) is 2. The van der Waals surface area contributed by atoms with Crippen molar-refractivity contribution in [2.24, 2.45) is 0 Å². The Bertz CT molecular complexity index is 1170. The largest absolute Gasteiger partial charge is 0.458 e. The van der Waals surface area contributed by atoms with Crippen LogP contribution < -0.4 is 5.56 Å². The second kappa shape index (κ2) is 8.59. The first-order chi connectivity index (χ1) is 14.5. The standard InChI is InChI=1S/C20H16N2O4.C2H6.H2OS/c1-2-20(25)14-8-16-17-12(7-11-5-3-4-6-15(11)21-17)9-22(16)18(23)13(14)10-26-19(20)24;2*1-2/h3-8,25H,2,9-10H2,1H3;1-2H3;1-2H. The van der Waals surface area contributed by atoms with E-state index in [1.165, 1.54) is 0 Å². The minimum Gasteiger partial charge on any atom is -0.458 e. The zero-order valence-electron chi connectivity index (χ0n) is 17.0. The molecule has 4 heterocycles. The summed E-state index contributed by atoms with van der Waals surface area (Å²) in [5, 5.41) is 11.8. The van der Waals surface area contributed by atoms with Crippen molar-refractivity contribution in [3.63, 3.8) is 0 Å². The maximum absolute atomic E-state index is 13.0. The van der Waals surface area contributed by atoms with E-state index < -0.39 is 11.6 Å². The van der Waals surface area contributed by atoms with Crippen LogP contribution in [0.3, 0.4) is 0 Å². The van der Waals surface area contributed by atoms with Gasteiger partial charge in [-0.15, -0.1) is 0 Å². The summed E-state index contributed by atoms with van der Waals surface area (Å²) >= 11 is 2.53. The average molecular weight is 429 g/mol. The lowest BCUT2D eigenvalue weighted by molar-refractivity contribution is -0.172. The Morgan fingerprint density at radius 2 is 1.90 bits per heavy atom. The Labute approximate surface area is 179 Å². The number of para-hydroxylation sites is 1. The van der Waals surface area contributed by atoms with Gasteiger partial charge in [0.05, 0.1) is 29.0 Å². The summed E-state index contributed by atoms with van der Waals surface area (Å²) < 4.78 is 13.4. The Morgan fingerprint density at radius 1 is 1.20 bits per heavy atom. The molecule has 7 nitrogen and oxygen atoms in total. The summed E-state index contributed by atoms with van der Waals surface area (Å²) in [5.74, 6) is -0.707. The molecule has 2 aliphatic heterocycles. The van der Waals surface area contributed by atoms with Gasteiger partial charge in [0.2, 0.25) is 0 Å². The molecule has 158 valence electrons. The highest BCUT2D eigenvalue weighted by Gasteiger charge is 2.45. The van der Waals surface area contributed by atoms with E-state index in [4.69, 9.17) is 14.3 Å². The number of rotatable bonds is 1. The number of aromatic nitrogens is 2. The molecule has 0 saturated carbocycles. The second-order valence-corrected chi connectivity index (χ2v) is 6.79. The third-order valence-electron chi connectivity index (χ3n) is 5.42. The second-order valence-electron chi connectivity index (χ2n) is 6.79. The van der Waals surface area contributed by atoms with Crippen molar-refractivity contribution < 1.29 is 19.2 Å². The molecule has 0 radical (unpaired) electrons. The number of hydrogen-bond donors (Lipinski definition) is 3. The van der Waals surface area contributed by atoms with Crippen molar-refractivity contribution in [2.75, 3.05) is 0 Å². The van der Waals surface area contributed by atoms with Crippen molar-refractivity contribution in [1.29, 1.82) is 0 Å². The highest BCUT2D eigenvalue weighted by atomic mass is 32.1. The Kier molecular flexibility index (Phi) is 6.30. The third kappa shape index (κ3) is 3.21. The maximum Gasteiger partial charge on any atom is 0.343 e. The lowest BCUT2D eigenvalue weighted by Crippen LogP contribution is -2.44. The van der Waals surface area contributed by atoms with Crippen LogP contribution in [0.5, 0.6) is 0 Å². The van der Waals surface area contributed by atoms with Crippen LogP contribution in [-0.2, 0) is 28.3 Å². The maximum atomic E-state index is 13.0. The first kappa shape index (κ1) is 22.0. The number of thiol groups is 1. The van der Waals surface area contributed by atoms with Crippen LogP contribution in [0.15, 0.2) is 41.2 Å². The molecule has 30 heavy (non-hydrogen) atoms. The van der Waals surface area contributed by atoms with Gasteiger partial charge in [-0.1, -0.05) is 39.0 Å². The van der Waals surface area contributed by atoms with Gasteiger partial charge in [-0.05, 0) is 37.5 Å². The number of carbonyl (C=O) groups is 1. The summed E-state index contributed by atoms with van der Waals surface area (Å²) in [6.45, 7) is 6.01. The van der Waals surface area contributed by atoms with E-state index in [0.29, 0.717) is 23.4 Å². The van der Waals surface area contributed by atoms with Crippen LogP contribution in [-0.4, -0.2) is 25.2 Å². The Hall–Kier alpha value is -2.68. The number of esters is 1. The molecule has 0 amide bonds. The number of hydrogen-bond acceptors (Lipinski definition) is 7. The zero-order chi connectivity index (χ0) is 22.1. The van der Waals surface area contributed by atoms with E-state index in [9.17, 15) is 14.7 Å². The summed E-state index contributed by atoms with van der Waals surface area (Å²) in [7, 11) is 0. The van der Waals surface area contributed by atoms with Crippen LogP contribution >= 0.6 is 12.9 Å². The highest BCUT2D eigenvalue weighted by Crippen LogP contribution is 2.38. The van der Waals surface area contributed by atoms with Gasteiger partial charge in [0, 0.05) is 16.5 Å². The van der Waals surface area contributed by atoms with E-state index >= 15 is 0 Å². The quantitative estimate of drug-likeness (QED) is 0.244. The lowest BCUT2D eigenvalue weighted by atomic mass is 9.86. The number of ether oxygens (including phenoxy) is 1. The molecule has 8 heteroatoms. The van der Waals surface area contributed by atoms with Crippen LogP contribution in [0.1, 0.15) is 43.9 Å². The van der Waals surface area contributed by atoms with Crippen LogP contribution in [0, 0.1) is 0 Å². The molecule has 0 saturated heterocycles. The van der Waals surface area contributed by atoms with Crippen molar-refractivity contribution in [2.45, 2.75) is 45.9 Å². The van der Waals surface area contributed by atoms with Crippen LogP contribution in [0.2, 0.25) is 0 Å². The van der Waals surface area contributed by atoms with Crippen molar-refractivity contribution in [1.82, 2.24) is 9.55 Å². The van der Waals surface area contributed by atoms with E-state index in [2.05, 4.69) is 12.9 Å². The van der Waals surface area contributed by atoms with Gasteiger partial charge in [-0.3, -0.25) is 4.79 Å². The van der Waals surface area contributed by atoms with Crippen LogP contribution in [0.25, 0.3) is 22.3 Å². The molecule has 0 aliphatic carbocycles. The van der Waals surface area contributed by atoms with Gasteiger partial charge < -0.3 is 19.0 Å². The molecule has 2 N–H and O–H groups in total. The number of cyclic esters (lactones) is 1. The SMILES string of the molecule is CC.CCC1(O)C(=O)OCc2c1cc1n(c2=O)Cc2cc3ccccc3nc2-1.OS. The predicted octanol–water partition coefficient (Wildman–Crippen LogP) is 3.50. The molecule has 5 rings (SSSR count). The first-order valence-corrected chi connectivity index (χ1v) is 10.2. The van der Waals surface area contributed by atoms with E-state index in [1.807, 2.05) is 44.2 Å². The molecule has 0 spiro atoms. The number of carbonyl (C=O) groups excluding carboxylic acids is 1. The van der Waals surface area contributed by atoms with Crippen molar-refractivity contribution >= 4 is 29.8 Å². The fourth-order valence-corrected chi connectivity index (χ4v) is 3.93. The molecule has 1 atom stereocenters. The van der Waals surface area contributed by atoms with Crippen LogP contribution in [0.4, 0.5) is 0 Å². The van der Waals surface area contributed by atoms with Gasteiger partial charge in [-0.2, -0.15) is 0 Å². The number of aliphatic hydroxyl groups is 1. The molecule has 2 aliphatic rings. The highest BCUT2D eigenvalue weighted by molar-refractivity contribution is 7.74. The summed E-state index contributed by atoms with van der Waals surface area (Å²) in [6, 6.07) is 11.6. The first-order valence-electron chi connectivity index (χ1n) is 9.79. The molecule has 1 aromatic carbocycles. The molecular formula is C22H24N2O5S. The summed E-state index contributed by atoms with van der Waals surface area (Å²) in [5.41, 5.74) is 1.81. The fourth-order valence-electron chi connectivity index (χ4n) is 3.93. The summed E-state index contributed by atoms with van der Waals surface area (Å²) in [6.07, 6.45) is 0.139. The predicted molar refractivity (Wildman–Crippen MR) is 117 cm³/mol. The smallest absolute Gasteiger partial charge is 0.343 e. The Balaban J connectivity index is 0.000000606. The monoisotopic (exact) mass is 428 g/mol. The van der Waals surface area contributed by atoms with Gasteiger partial charge in [-0.25, -0.2) is 9.78 Å². The number of fused-ring (bicyclic) bond motifs is 5. The molecule has 0 bridgehead atoms. The molecule has 1 unspecified atom stereocenters. The minimum absolute atomic E-state index is 0.110. The molecular weight excluding hydrogens is 404 g/mol. The minimum atomic E-state index is -1.79. The molecule has 2 aromatic heterocycles. The number of benzene rings is 1. The van der Waals surface area contributed by atoms with Gasteiger partial charge in [0.1, 0.15) is 6.61 Å². The third-order valence-corrected chi connectivity index (χ3v) is 5.42. The van der Waals surface area contributed by atoms with E-state index in [-0.39, 0.29) is 18.6 Å². The lowest BCUT2D eigenvalue weighted by Gasteiger charge is -2.31. The molecule has 0 fully saturated rings. The summed E-state index contributed by atoms with van der Waals surface area (Å²) in [4.78, 5) is 29.9. The van der Waals surface area contributed by atoms with Gasteiger partial charge in [0.25, 0.3) is 5.56 Å². The average Bonchev–Trinajstić information content (AvgIpc) is 3.16. The van der Waals surface area contributed by atoms with Gasteiger partial charge >= 0.3 is 5.97 Å². The topological polar surface area (TPSA) is 102 Å². The molecule has 3 aromatic rings. The van der Waals surface area contributed by atoms with Crippen molar-refractivity contribution in [3.05, 3.63) is 63.4 Å². The normalized spacial score (nSPS) is 18.1. The Morgan fingerprint density at radius 3 is 2.60 bits per heavy atom. The fraction of sp³-hybridized carbons (Fsp3) is 0.318. The van der Waals surface area contributed by atoms with Crippen molar-refractivity contribution in [3.8, 4) is 11.4 Å². The zero-order valence-corrected chi connectivity index (χ0v) is 17.9. The van der Waals surface area contributed by atoms with E-state index in [1.54, 1.807) is 17.6 Å². The van der Waals surface area contributed by atoms with Gasteiger partial charge in [0.15, 0.2) is 5.60 Å². The number of pyridine rings is 2. The van der Waals surface area contributed by atoms with E-state index in [0.717, 1.165) is 22.2 Å².